The van der Waals surface area contributed by atoms with E-state index in [9.17, 15) is 22.8 Å². The van der Waals surface area contributed by atoms with Crippen LogP contribution in [0.15, 0.2) is 11.1 Å². The van der Waals surface area contributed by atoms with E-state index in [1.165, 1.54) is 53.4 Å². The summed E-state index contributed by atoms with van der Waals surface area (Å²) >= 11 is 0. The average Bonchev–Trinajstić information content (AvgIpc) is 2.85. The standard InChI is InChI=1S/C25H44O10S/c1-32-23(26)20-22(25(28)34-3)21(24(27)33-2)18-16-14-12-10-8-6-4-5-7-9-11-13-15-17-19-35-36(29,30)31/h4-20H2,1-3H3,(H,29,30,31)/b22-21+. The van der Waals surface area contributed by atoms with Crippen LogP contribution >= 0.6 is 0 Å². The molecule has 0 aliphatic rings. The molecule has 0 bridgehead atoms. The Kier molecular flexibility index (Phi) is 20.0. The summed E-state index contributed by atoms with van der Waals surface area (Å²) in [7, 11) is -0.658. The predicted octanol–water partition coefficient (Wildman–Crippen LogP) is 4.86. The highest BCUT2D eigenvalue weighted by Crippen LogP contribution is 2.21. The molecular weight excluding hydrogens is 492 g/mol. The van der Waals surface area contributed by atoms with Crippen molar-refractivity contribution in [3.05, 3.63) is 11.1 Å². The molecule has 0 aliphatic heterocycles. The SMILES string of the molecule is COC(=O)C/C(C(=O)OC)=C(/CCCCCCCCCCCCCCCCOS(=O)(=O)O)C(=O)OC. The van der Waals surface area contributed by atoms with Crippen LogP contribution in [0.4, 0.5) is 0 Å². The van der Waals surface area contributed by atoms with E-state index in [0.29, 0.717) is 19.3 Å². The Labute approximate surface area is 216 Å². The van der Waals surface area contributed by atoms with Crippen LogP contribution in [0.2, 0.25) is 0 Å². The summed E-state index contributed by atoms with van der Waals surface area (Å²) in [5.74, 6) is -1.99. The summed E-state index contributed by atoms with van der Waals surface area (Å²) in [5.41, 5.74) is 0.156. The predicted molar refractivity (Wildman–Crippen MR) is 134 cm³/mol. The molecule has 1 N–H and O–H groups in total. The molecule has 0 saturated carbocycles. The highest BCUT2D eigenvalue weighted by molar-refractivity contribution is 7.80. The van der Waals surface area contributed by atoms with Crippen LogP contribution < -0.4 is 0 Å². The lowest BCUT2D eigenvalue weighted by molar-refractivity contribution is -0.143. The number of carbonyl (C=O) groups is 3. The normalized spacial score (nSPS) is 12.1. The smallest absolute Gasteiger partial charge is 0.397 e. The van der Waals surface area contributed by atoms with Gasteiger partial charge in [-0.2, -0.15) is 8.42 Å². The summed E-state index contributed by atoms with van der Waals surface area (Å²) in [4.78, 5) is 36.0. The number of methoxy groups -OCH3 is 3. The third-order valence-corrected chi connectivity index (χ3v) is 6.29. The molecule has 0 spiro atoms. The first-order valence-corrected chi connectivity index (χ1v) is 14.1. The van der Waals surface area contributed by atoms with Gasteiger partial charge in [0.2, 0.25) is 0 Å². The molecular formula is C25H44O10S. The minimum atomic E-state index is -4.31. The van der Waals surface area contributed by atoms with Crippen LogP contribution in [0.5, 0.6) is 0 Å². The van der Waals surface area contributed by atoms with Gasteiger partial charge in [-0.25, -0.2) is 13.8 Å². The number of esters is 3. The van der Waals surface area contributed by atoms with Gasteiger partial charge in [0.1, 0.15) is 0 Å². The molecule has 0 aromatic rings. The van der Waals surface area contributed by atoms with Gasteiger partial charge in [0.25, 0.3) is 0 Å². The Hall–Kier alpha value is -1.98. The Bertz CT molecular complexity index is 774. The average molecular weight is 537 g/mol. The molecule has 210 valence electrons. The number of hydrogen-bond acceptors (Lipinski definition) is 9. The molecule has 0 aromatic carbocycles. The quantitative estimate of drug-likeness (QED) is 0.0669. The maximum absolute atomic E-state index is 12.2. The second-order valence-corrected chi connectivity index (χ2v) is 9.73. The lowest BCUT2D eigenvalue weighted by Gasteiger charge is -2.12. The van der Waals surface area contributed by atoms with Crippen molar-refractivity contribution in [3.8, 4) is 0 Å². The molecule has 0 aliphatic carbocycles. The van der Waals surface area contributed by atoms with E-state index < -0.39 is 28.3 Å². The molecule has 0 atom stereocenters. The first-order valence-electron chi connectivity index (χ1n) is 12.7. The zero-order valence-electron chi connectivity index (χ0n) is 22.1. The fourth-order valence-electron chi connectivity index (χ4n) is 3.83. The third kappa shape index (κ3) is 18.3. The van der Waals surface area contributed by atoms with Gasteiger partial charge in [-0.3, -0.25) is 9.35 Å². The first-order chi connectivity index (χ1) is 17.2. The van der Waals surface area contributed by atoms with Gasteiger partial charge in [-0.05, 0) is 19.3 Å². The molecule has 0 heterocycles. The third-order valence-electron chi connectivity index (χ3n) is 5.83. The van der Waals surface area contributed by atoms with Crippen LogP contribution in [0.1, 0.15) is 103 Å². The zero-order valence-corrected chi connectivity index (χ0v) is 22.9. The summed E-state index contributed by atoms with van der Waals surface area (Å²) < 4.78 is 47.7. The number of rotatable bonds is 22. The molecule has 0 fully saturated rings. The topological polar surface area (TPSA) is 142 Å². The summed E-state index contributed by atoms with van der Waals surface area (Å²) in [5, 5.41) is 0. The Morgan fingerprint density at radius 1 is 0.583 bits per heavy atom. The highest BCUT2D eigenvalue weighted by Gasteiger charge is 2.24. The number of hydrogen-bond donors (Lipinski definition) is 1. The van der Waals surface area contributed by atoms with E-state index in [0.717, 1.165) is 44.9 Å². The second-order valence-electron chi connectivity index (χ2n) is 8.64. The minimum absolute atomic E-state index is 0.0117. The van der Waals surface area contributed by atoms with E-state index >= 15 is 0 Å². The maximum atomic E-state index is 12.2. The number of carbonyl (C=O) groups excluding carboxylic acids is 3. The van der Waals surface area contributed by atoms with E-state index in [1.54, 1.807) is 0 Å². The summed E-state index contributed by atoms with van der Waals surface area (Å²) in [6, 6.07) is 0. The van der Waals surface area contributed by atoms with Crippen LogP contribution in [-0.4, -0.2) is 58.8 Å². The van der Waals surface area contributed by atoms with Crippen molar-refractivity contribution in [2.75, 3.05) is 27.9 Å². The zero-order chi connectivity index (χ0) is 27.2. The van der Waals surface area contributed by atoms with Gasteiger partial charge in [0.15, 0.2) is 0 Å². The van der Waals surface area contributed by atoms with Crippen molar-refractivity contribution >= 4 is 28.3 Å². The van der Waals surface area contributed by atoms with E-state index in [4.69, 9.17) is 14.0 Å². The lowest BCUT2D eigenvalue weighted by Crippen LogP contribution is -2.18. The Morgan fingerprint density at radius 2 is 0.972 bits per heavy atom. The molecule has 0 saturated heterocycles. The van der Waals surface area contributed by atoms with E-state index in [1.807, 2.05) is 0 Å². The maximum Gasteiger partial charge on any atom is 0.397 e. The van der Waals surface area contributed by atoms with Crippen LogP contribution in [0, 0.1) is 0 Å². The second kappa shape index (κ2) is 21.1. The monoisotopic (exact) mass is 536 g/mol. The fraction of sp³-hybridized carbons (Fsp3) is 0.800. The molecule has 36 heavy (non-hydrogen) atoms. The molecule has 0 unspecified atom stereocenters. The van der Waals surface area contributed by atoms with Gasteiger partial charge in [-0.1, -0.05) is 77.0 Å². The van der Waals surface area contributed by atoms with Crippen LogP contribution in [-0.2, 0) is 43.2 Å². The Balaban J connectivity index is 3.96. The summed E-state index contributed by atoms with van der Waals surface area (Å²) in [6.07, 6.45) is 14.5. The van der Waals surface area contributed by atoms with E-state index in [2.05, 4.69) is 8.92 Å². The first kappa shape index (κ1) is 34.0. The molecule has 10 nitrogen and oxygen atoms in total. The molecule has 0 rings (SSSR count). The molecule has 0 amide bonds. The lowest BCUT2D eigenvalue weighted by atomic mass is 9.98. The summed E-state index contributed by atoms with van der Waals surface area (Å²) in [6.45, 7) is 0.0336. The molecule has 0 radical (unpaired) electrons. The van der Waals surface area contributed by atoms with E-state index in [-0.39, 0.29) is 24.2 Å². The molecule has 11 heteroatoms. The van der Waals surface area contributed by atoms with Gasteiger partial charge < -0.3 is 14.2 Å². The van der Waals surface area contributed by atoms with Crippen LogP contribution in [0.25, 0.3) is 0 Å². The largest absolute Gasteiger partial charge is 0.469 e. The van der Waals surface area contributed by atoms with Gasteiger partial charge >= 0.3 is 28.3 Å². The van der Waals surface area contributed by atoms with Gasteiger partial charge in [0.05, 0.1) is 39.9 Å². The van der Waals surface area contributed by atoms with Crippen molar-refractivity contribution < 1.29 is 45.7 Å². The van der Waals surface area contributed by atoms with Crippen LogP contribution in [0.3, 0.4) is 0 Å². The van der Waals surface area contributed by atoms with Gasteiger partial charge in [0, 0.05) is 5.57 Å². The highest BCUT2D eigenvalue weighted by atomic mass is 32.3. The molecule has 0 aromatic heterocycles. The minimum Gasteiger partial charge on any atom is -0.469 e. The number of ether oxygens (including phenoxy) is 3. The number of unbranched alkanes of at least 4 members (excludes halogenated alkanes) is 13. The van der Waals surface area contributed by atoms with Crippen molar-refractivity contribution in [3.63, 3.8) is 0 Å². The van der Waals surface area contributed by atoms with Crippen molar-refractivity contribution in [2.45, 2.75) is 103 Å². The van der Waals surface area contributed by atoms with Crippen molar-refractivity contribution in [1.82, 2.24) is 0 Å². The Morgan fingerprint density at radius 3 is 1.36 bits per heavy atom. The van der Waals surface area contributed by atoms with Crippen molar-refractivity contribution in [1.29, 1.82) is 0 Å². The van der Waals surface area contributed by atoms with Crippen molar-refractivity contribution in [2.24, 2.45) is 0 Å². The van der Waals surface area contributed by atoms with Gasteiger partial charge in [-0.15, -0.1) is 0 Å². The fourth-order valence-corrected chi connectivity index (χ4v) is 4.16.